The molecular weight excluding hydrogens is 238 g/mol. The molecule has 0 aromatic carbocycles. The van der Waals surface area contributed by atoms with Gasteiger partial charge in [-0.2, -0.15) is 0 Å². The van der Waals surface area contributed by atoms with Gasteiger partial charge >= 0.3 is 0 Å². The van der Waals surface area contributed by atoms with E-state index in [-0.39, 0.29) is 0 Å². The van der Waals surface area contributed by atoms with Crippen LogP contribution < -0.4 is 5.73 Å². The van der Waals surface area contributed by atoms with Crippen molar-refractivity contribution >= 4 is 5.84 Å². The van der Waals surface area contributed by atoms with Gasteiger partial charge in [0.15, 0.2) is 0 Å². The summed E-state index contributed by atoms with van der Waals surface area (Å²) >= 11 is 0. The zero-order valence-corrected chi connectivity index (χ0v) is 12.3. The Bertz CT molecular complexity index is 301. The average molecular weight is 267 g/mol. The summed E-state index contributed by atoms with van der Waals surface area (Å²) < 4.78 is 0. The van der Waals surface area contributed by atoms with E-state index in [1.54, 1.807) is 0 Å². The van der Waals surface area contributed by atoms with E-state index in [2.05, 4.69) is 17.0 Å². The van der Waals surface area contributed by atoms with E-state index in [1.165, 1.54) is 58.0 Å². The van der Waals surface area contributed by atoms with Crippen molar-refractivity contribution in [3.05, 3.63) is 0 Å². The lowest BCUT2D eigenvalue weighted by Gasteiger charge is -2.46. The number of likely N-dealkylation sites (tertiary alicyclic amines) is 1. The molecule has 1 unspecified atom stereocenters. The fourth-order valence-electron chi connectivity index (χ4n) is 3.98. The molecule has 0 aromatic rings. The maximum Gasteiger partial charge on any atom is 0.140 e. The van der Waals surface area contributed by atoms with E-state index in [1.807, 2.05) is 0 Å². The zero-order valence-electron chi connectivity index (χ0n) is 12.3. The van der Waals surface area contributed by atoms with Crippen LogP contribution in [0.4, 0.5) is 0 Å². The molecule has 1 aliphatic carbocycles. The number of nitrogens with two attached hydrogens (primary N) is 1. The maximum atomic E-state index is 8.72. The highest BCUT2D eigenvalue weighted by atomic mass is 16.4. The Balaban J connectivity index is 1.87. The van der Waals surface area contributed by atoms with Gasteiger partial charge in [-0.1, -0.05) is 31.3 Å². The molecule has 0 radical (unpaired) electrons. The molecule has 2 aliphatic rings. The van der Waals surface area contributed by atoms with Crippen molar-refractivity contribution in [3.63, 3.8) is 0 Å². The third kappa shape index (κ3) is 3.62. The largest absolute Gasteiger partial charge is 0.409 e. The molecule has 1 aliphatic heterocycles. The van der Waals surface area contributed by atoms with Gasteiger partial charge in [-0.15, -0.1) is 0 Å². The topological polar surface area (TPSA) is 61.9 Å². The van der Waals surface area contributed by atoms with Gasteiger partial charge < -0.3 is 10.9 Å². The van der Waals surface area contributed by atoms with E-state index >= 15 is 0 Å². The highest BCUT2D eigenvalue weighted by Gasteiger charge is 2.36. The summed E-state index contributed by atoms with van der Waals surface area (Å²) in [6.07, 6.45) is 11.6. The summed E-state index contributed by atoms with van der Waals surface area (Å²) in [4.78, 5) is 2.55. The lowest BCUT2D eigenvalue weighted by molar-refractivity contribution is 0.0453. The predicted molar refractivity (Wildman–Crippen MR) is 78.4 cm³/mol. The molecule has 2 fully saturated rings. The first kappa shape index (κ1) is 14.6. The number of rotatable bonds is 4. The minimum absolute atomic E-state index is 0.366. The van der Waals surface area contributed by atoms with Gasteiger partial charge in [-0.05, 0) is 50.6 Å². The molecule has 0 aromatic heterocycles. The van der Waals surface area contributed by atoms with E-state index in [9.17, 15) is 0 Å². The van der Waals surface area contributed by atoms with Crippen LogP contribution in [0.3, 0.4) is 0 Å². The Morgan fingerprint density at radius 3 is 2.37 bits per heavy atom. The summed E-state index contributed by atoms with van der Waals surface area (Å²) in [7, 11) is 0. The summed E-state index contributed by atoms with van der Waals surface area (Å²) in [5, 5.41) is 11.8. The third-order valence-corrected chi connectivity index (χ3v) is 5.33. The van der Waals surface area contributed by atoms with Crippen LogP contribution in [-0.4, -0.2) is 35.1 Å². The number of nitrogens with zero attached hydrogens (tertiary/aromatic N) is 2. The van der Waals surface area contributed by atoms with Gasteiger partial charge in [0.1, 0.15) is 5.84 Å². The number of hydrogen-bond donors (Lipinski definition) is 2. The van der Waals surface area contributed by atoms with Crippen molar-refractivity contribution in [2.24, 2.45) is 16.3 Å². The van der Waals surface area contributed by atoms with Crippen molar-refractivity contribution in [3.8, 4) is 0 Å². The summed E-state index contributed by atoms with van der Waals surface area (Å²) in [5.41, 5.74) is 6.32. The van der Waals surface area contributed by atoms with E-state index in [4.69, 9.17) is 10.9 Å². The van der Waals surface area contributed by atoms with Gasteiger partial charge in [0.25, 0.3) is 0 Å². The van der Waals surface area contributed by atoms with Crippen molar-refractivity contribution in [1.29, 1.82) is 0 Å². The Labute approximate surface area is 117 Å². The molecule has 1 heterocycles. The Kier molecular flexibility index (Phi) is 5.08. The van der Waals surface area contributed by atoms with Crippen LogP contribution >= 0.6 is 0 Å². The molecule has 0 bridgehead atoms. The Morgan fingerprint density at radius 2 is 1.84 bits per heavy atom. The first-order chi connectivity index (χ1) is 9.19. The van der Waals surface area contributed by atoms with Crippen LogP contribution in [0.5, 0.6) is 0 Å². The molecule has 1 saturated carbocycles. The van der Waals surface area contributed by atoms with Gasteiger partial charge in [-0.3, -0.25) is 4.90 Å². The fraction of sp³-hybridized carbons (Fsp3) is 0.933. The maximum absolute atomic E-state index is 8.72. The number of piperidine rings is 1. The van der Waals surface area contributed by atoms with Crippen molar-refractivity contribution in [2.45, 2.75) is 70.8 Å². The van der Waals surface area contributed by atoms with Gasteiger partial charge in [-0.25, -0.2) is 0 Å². The number of hydrogen-bond acceptors (Lipinski definition) is 3. The highest BCUT2D eigenvalue weighted by molar-refractivity contribution is 5.80. The lowest BCUT2D eigenvalue weighted by Crippen LogP contribution is -2.46. The van der Waals surface area contributed by atoms with Crippen molar-refractivity contribution in [2.75, 3.05) is 13.1 Å². The number of oxime groups is 1. The van der Waals surface area contributed by atoms with Crippen LogP contribution in [0, 0.1) is 5.41 Å². The molecule has 1 saturated heterocycles. The van der Waals surface area contributed by atoms with E-state index < -0.39 is 0 Å². The van der Waals surface area contributed by atoms with E-state index in [0.717, 1.165) is 6.42 Å². The molecule has 3 N–H and O–H groups in total. The molecule has 1 atom stereocenters. The zero-order chi connectivity index (χ0) is 13.7. The van der Waals surface area contributed by atoms with Crippen LogP contribution in [0.25, 0.3) is 0 Å². The normalized spacial score (nSPS) is 26.5. The van der Waals surface area contributed by atoms with Crippen LogP contribution in [0.2, 0.25) is 0 Å². The van der Waals surface area contributed by atoms with Crippen molar-refractivity contribution < 1.29 is 5.21 Å². The summed E-state index contributed by atoms with van der Waals surface area (Å²) in [6, 6.07) is 0.442. The Hall–Kier alpha value is -0.770. The molecule has 0 amide bonds. The summed E-state index contributed by atoms with van der Waals surface area (Å²) in [5.74, 6) is 0.366. The standard InChI is InChI=1S/C15H29N3O/c1-2-13(12-14(16)17-19)18-10-8-15(9-11-18)6-4-3-5-7-15/h13,19H,2-12H2,1H3,(H2,16,17). The molecule has 4 heteroatoms. The van der Waals surface area contributed by atoms with Gasteiger partial charge in [0.05, 0.1) is 0 Å². The van der Waals surface area contributed by atoms with Crippen LogP contribution in [0.15, 0.2) is 5.16 Å². The average Bonchev–Trinajstić information content (AvgIpc) is 2.46. The van der Waals surface area contributed by atoms with Gasteiger partial charge in [0, 0.05) is 12.5 Å². The van der Waals surface area contributed by atoms with Gasteiger partial charge in [0.2, 0.25) is 0 Å². The fourth-order valence-corrected chi connectivity index (χ4v) is 3.98. The molecular formula is C15H29N3O. The van der Waals surface area contributed by atoms with Crippen LogP contribution in [0.1, 0.15) is 64.7 Å². The second-order valence-electron chi connectivity index (χ2n) is 6.45. The quantitative estimate of drug-likeness (QED) is 0.356. The second-order valence-corrected chi connectivity index (χ2v) is 6.45. The molecule has 4 nitrogen and oxygen atoms in total. The third-order valence-electron chi connectivity index (χ3n) is 5.33. The molecule has 110 valence electrons. The highest BCUT2D eigenvalue weighted by Crippen LogP contribution is 2.44. The molecule has 19 heavy (non-hydrogen) atoms. The first-order valence-electron chi connectivity index (χ1n) is 7.89. The number of amidine groups is 1. The monoisotopic (exact) mass is 267 g/mol. The SMILES string of the molecule is CCC(CC(N)=NO)N1CCC2(CCCCC2)CC1. The smallest absolute Gasteiger partial charge is 0.140 e. The first-order valence-corrected chi connectivity index (χ1v) is 7.89. The second kappa shape index (κ2) is 6.60. The molecule has 1 spiro atoms. The summed E-state index contributed by atoms with van der Waals surface area (Å²) in [6.45, 7) is 4.58. The predicted octanol–water partition coefficient (Wildman–Crippen LogP) is 2.95. The van der Waals surface area contributed by atoms with E-state index in [0.29, 0.717) is 23.7 Å². The van der Waals surface area contributed by atoms with Crippen molar-refractivity contribution in [1.82, 2.24) is 4.90 Å². The Morgan fingerprint density at radius 1 is 1.21 bits per heavy atom. The minimum atomic E-state index is 0.366. The minimum Gasteiger partial charge on any atom is -0.409 e. The molecule has 2 rings (SSSR count). The van der Waals surface area contributed by atoms with Crippen LogP contribution in [-0.2, 0) is 0 Å². The lowest BCUT2D eigenvalue weighted by atomic mass is 9.68.